The van der Waals surface area contributed by atoms with Crippen LogP contribution in [0, 0.1) is 0 Å². The van der Waals surface area contributed by atoms with Crippen molar-refractivity contribution in [3.63, 3.8) is 0 Å². The fourth-order valence-electron chi connectivity index (χ4n) is 5.62. The number of nitrogens with zero attached hydrogens (tertiary/aromatic N) is 1. The molecule has 0 saturated carbocycles. The lowest BCUT2D eigenvalue weighted by atomic mass is 9.93. The van der Waals surface area contributed by atoms with Crippen molar-refractivity contribution < 1.29 is 28.5 Å². The van der Waals surface area contributed by atoms with Crippen molar-refractivity contribution in [3.8, 4) is 17.2 Å². The molecule has 2 aromatic carbocycles. The van der Waals surface area contributed by atoms with Gasteiger partial charge in [-0.25, -0.2) is 0 Å². The average Bonchev–Trinajstić information content (AvgIpc) is 3.32. The van der Waals surface area contributed by atoms with E-state index in [1.54, 1.807) is 52.7 Å². The molecule has 33 heavy (non-hydrogen) atoms. The minimum Gasteiger partial charge on any atom is -0.493 e. The van der Waals surface area contributed by atoms with Crippen LogP contribution in [-0.2, 0) is 11.2 Å². The Bertz CT molecular complexity index is 1150. The van der Waals surface area contributed by atoms with Crippen molar-refractivity contribution in [3.05, 3.63) is 58.2 Å². The molecule has 2 amide bonds. The van der Waals surface area contributed by atoms with Crippen LogP contribution in [-0.4, -0.2) is 57.3 Å². The molecule has 1 heterocycles. The van der Waals surface area contributed by atoms with Gasteiger partial charge < -0.3 is 18.9 Å². The second-order valence-corrected chi connectivity index (χ2v) is 8.46. The van der Waals surface area contributed by atoms with Crippen LogP contribution < -0.4 is 14.2 Å². The summed E-state index contributed by atoms with van der Waals surface area (Å²) in [5.74, 6) is 1.22. The standard InChI is InChI=1S/C26H27NO6/c1-30-19-12-10-17-18(27-25(28)15-7-5-6-8-16(15)26(27)29)11-9-14-13-20(31-2)23(32-3)24(33-4)21(14)22(17)19/h5-8,13,18-19H,9-12H2,1-4H3. The zero-order valence-corrected chi connectivity index (χ0v) is 19.3. The van der Waals surface area contributed by atoms with E-state index in [4.69, 9.17) is 18.9 Å². The molecule has 172 valence electrons. The van der Waals surface area contributed by atoms with Gasteiger partial charge in [-0.05, 0) is 60.6 Å². The molecular formula is C26H27NO6. The van der Waals surface area contributed by atoms with Gasteiger partial charge in [-0.1, -0.05) is 12.1 Å². The Hall–Kier alpha value is -3.32. The van der Waals surface area contributed by atoms with Crippen LogP contribution in [0.15, 0.2) is 35.9 Å². The van der Waals surface area contributed by atoms with Crippen molar-refractivity contribution >= 4 is 17.4 Å². The fraction of sp³-hybridized carbons (Fsp3) is 0.385. The van der Waals surface area contributed by atoms with Gasteiger partial charge in [-0.2, -0.15) is 0 Å². The molecule has 2 aromatic rings. The van der Waals surface area contributed by atoms with Crippen LogP contribution in [0.5, 0.6) is 17.2 Å². The predicted octanol–water partition coefficient (Wildman–Crippen LogP) is 3.89. The summed E-state index contributed by atoms with van der Waals surface area (Å²) in [7, 11) is 6.49. The smallest absolute Gasteiger partial charge is 0.262 e. The molecular weight excluding hydrogens is 422 g/mol. The molecule has 0 aromatic heterocycles. The number of carbonyl (C=O) groups excluding carboxylic acids is 2. The first-order valence-electron chi connectivity index (χ1n) is 11.1. The van der Waals surface area contributed by atoms with E-state index in [1.165, 1.54) is 4.90 Å². The van der Waals surface area contributed by atoms with Crippen LogP contribution in [0.25, 0.3) is 5.57 Å². The molecule has 2 aliphatic carbocycles. The minimum atomic E-state index is -0.346. The van der Waals surface area contributed by atoms with Gasteiger partial charge in [0.2, 0.25) is 5.75 Å². The monoisotopic (exact) mass is 449 g/mol. The van der Waals surface area contributed by atoms with E-state index in [1.807, 2.05) is 6.07 Å². The minimum absolute atomic E-state index is 0.165. The van der Waals surface area contributed by atoms with Crippen LogP contribution in [0.4, 0.5) is 0 Å². The Morgan fingerprint density at radius 3 is 2.09 bits per heavy atom. The van der Waals surface area contributed by atoms with E-state index < -0.39 is 0 Å². The maximum Gasteiger partial charge on any atom is 0.262 e. The van der Waals surface area contributed by atoms with Crippen molar-refractivity contribution in [2.24, 2.45) is 0 Å². The number of hydrogen-bond donors (Lipinski definition) is 0. The Morgan fingerprint density at radius 1 is 0.848 bits per heavy atom. The third-order valence-electron chi connectivity index (χ3n) is 7.04. The van der Waals surface area contributed by atoms with E-state index in [0.29, 0.717) is 41.2 Å². The second kappa shape index (κ2) is 8.23. The zero-order chi connectivity index (χ0) is 23.3. The quantitative estimate of drug-likeness (QED) is 0.645. The molecule has 7 nitrogen and oxygen atoms in total. The molecule has 0 N–H and O–H groups in total. The van der Waals surface area contributed by atoms with Gasteiger partial charge in [0.25, 0.3) is 11.8 Å². The van der Waals surface area contributed by atoms with Crippen LogP contribution in [0.1, 0.15) is 51.1 Å². The van der Waals surface area contributed by atoms with Crippen LogP contribution in [0.2, 0.25) is 0 Å². The third kappa shape index (κ3) is 3.06. The molecule has 0 fully saturated rings. The second-order valence-electron chi connectivity index (χ2n) is 8.46. The topological polar surface area (TPSA) is 74.3 Å². The van der Waals surface area contributed by atoms with E-state index in [9.17, 15) is 9.59 Å². The lowest BCUT2D eigenvalue weighted by Crippen LogP contribution is -2.41. The molecule has 3 aliphatic rings. The van der Waals surface area contributed by atoms with Gasteiger partial charge in [-0.3, -0.25) is 14.5 Å². The summed E-state index contributed by atoms with van der Waals surface area (Å²) in [5, 5.41) is 0. The summed E-state index contributed by atoms with van der Waals surface area (Å²) >= 11 is 0. The fourth-order valence-corrected chi connectivity index (χ4v) is 5.62. The number of rotatable bonds is 5. The van der Waals surface area contributed by atoms with Crippen molar-refractivity contribution in [1.82, 2.24) is 4.90 Å². The molecule has 7 heteroatoms. The van der Waals surface area contributed by atoms with Gasteiger partial charge in [0.05, 0.1) is 44.6 Å². The molecule has 0 radical (unpaired) electrons. The average molecular weight is 450 g/mol. The molecule has 2 unspecified atom stereocenters. The molecule has 2 atom stereocenters. The van der Waals surface area contributed by atoms with Gasteiger partial charge in [0.1, 0.15) is 0 Å². The summed E-state index contributed by atoms with van der Waals surface area (Å²) in [6.45, 7) is 0. The summed E-state index contributed by atoms with van der Waals surface area (Å²) < 4.78 is 23.0. The van der Waals surface area contributed by atoms with Crippen LogP contribution >= 0.6 is 0 Å². The Morgan fingerprint density at radius 2 is 1.52 bits per heavy atom. The van der Waals surface area contributed by atoms with E-state index in [-0.39, 0.29) is 24.0 Å². The molecule has 0 spiro atoms. The normalized spacial score (nSPS) is 21.5. The van der Waals surface area contributed by atoms with Gasteiger partial charge in [0, 0.05) is 12.7 Å². The number of amides is 2. The molecule has 1 aliphatic heterocycles. The van der Waals surface area contributed by atoms with Crippen LogP contribution in [0.3, 0.4) is 0 Å². The summed E-state index contributed by atoms with van der Waals surface area (Å²) in [4.78, 5) is 28.1. The first-order valence-corrected chi connectivity index (χ1v) is 11.1. The van der Waals surface area contributed by atoms with E-state index in [2.05, 4.69) is 0 Å². The highest BCUT2D eigenvalue weighted by atomic mass is 16.5. The summed E-state index contributed by atoms with van der Waals surface area (Å²) in [6.07, 6.45) is 2.61. The first-order chi connectivity index (χ1) is 16.0. The lowest BCUT2D eigenvalue weighted by Gasteiger charge is -2.27. The van der Waals surface area contributed by atoms with E-state index in [0.717, 1.165) is 35.1 Å². The Kier molecular flexibility index (Phi) is 5.37. The number of methoxy groups -OCH3 is 4. The third-order valence-corrected chi connectivity index (χ3v) is 7.04. The molecule has 0 bridgehead atoms. The largest absolute Gasteiger partial charge is 0.493 e. The van der Waals surface area contributed by atoms with Crippen molar-refractivity contribution in [2.75, 3.05) is 28.4 Å². The van der Waals surface area contributed by atoms with Crippen molar-refractivity contribution in [1.29, 1.82) is 0 Å². The van der Waals surface area contributed by atoms with Gasteiger partial charge >= 0.3 is 0 Å². The highest BCUT2D eigenvalue weighted by molar-refractivity contribution is 6.21. The summed E-state index contributed by atoms with van der Waals surface area (Å²) in [6, 6.07) is 8.66. The summed E-state index contributed by atoms with van der Waals surface area (Å²) in [5.41, 5.74) is 4.93. The maximum atomic E-state index is 13.3. The number of ether oxygens (including phenoxy) is 4. The lowest BCUT2D eigenvalue weighted by molar-refractivity contribution is 0.0601. The number of fused-ring (bicyclic) bond motifs is 3. The van der Waals surface area contributed by atoms with E-state index >= 15 is 0 Å². The Labute approximate surface area is 192 Å². The molecule has 0 saturated heterocycles. The number of hydrogen-bond acceptors (Lipinski definition) is 6. The number of aryl methyl sites for hydroxylation is 1. The predicted molar refractivity (Wildman–Crippen MR) is 122 cm³/mol. The molecule has 5 rings (SSSR count). The number of benzene rings is 2. The first kappa shape index (κ1) is 21.5. The highest BCUT2D eigenvalue weighted by Crippen LogP contribution is 2.52. The zero-order valence-electron chi connectivity index (χ0n) is 19.3. The van der Waals surface area contributed by atoms with Gasteiger partial charge in [0.15, 0.2) is 11.5 Å². The number of imide groups is 1. The Balaban J connectivity index is 1.71. The van der Waals surface area contributed by atoms with Crippen molar-refractivity contribution in [2.45, 2.75) is 37.8 Å². The number of carbonyl (C=O) groups is 2. The highest BCUT2D eigenvalue weighted by Gasteiger charge is 2.45. The SMILES string of the molecule is COc1cc2c(c(OC)c1OC)C1=C(CCC1OC)C(N1C(=O)c3ccccc3C1=O)CC2. The van der Waals surface area contributed by atoms with Gasteiger partial charge in [-0.15, -0.1) is 0 Å². The maximum absolute atomic E-state index is 13.3.